The van der Waals surface area contributed by atoms with E-state index in [4.69, 9.17) is 14.4 Å². The van der Waals surface area contributed by atoms with Gasteiger partial charge in [0.1, 0.15) is 11.2 Å². The highest BCUT2D eigenvalue weighted by Crippen LogP contribution is 2.39. The lowest BCUT2D eigenvalue weighted by Crippen LogP contribution is -1.95. The number of benzene rings is 8. The van der Waals surface area contributed by atoms with Crippen molar-refractivity contribution in [3.05, 3.63) is 200 Å². The minimum Gasteiger partial charge on any atom is -0.456 e. The Morgan fingerprint density at radius 2 is 0.821 bits per heavy atom. The van der Waals surface area contributed by atoms with Crippen molar-refractivity contribution < 1.29 is 4.42 Å². The van der Waals surface area contributed by atoms with E-state index in [1.54, 1.807) is 0 Å². The first-order valence-electron chi connectivity index (χ1n) is 18.9. The number of furan rings is 1. The van der Waals surface area contributed by atoms with Gasteiger partial charge in [-0.3, -0.25) is 0 Å². The second-order valence-corrected chi connectivity index (χ2v) is 14.2. The number of fused-ring (bicyclic) bond motifs is 6. The van der Waals surface area contributed by atoms with Crippen LogP contribution in [0, 0.1) is 0 Å². The van der Waals surface area contributed by atoms with Gasteiger partial charge in [0.05, 0.1) is 22.4 Å². The van der Waals surface area contributed by atoms with E-state index >= 15 is 0 Å². The summed E-state index contributed by atoms with van der Waals surface area (Å²) >= 11 is 0. The molecule has 0 fully saturated rings. The fourth-order valence-corrected chi connectivity index (χ4v) is 8.06. The van der Waals surface area contributed by atoms with Gasteiger partial charge in [-0.1, -0.05) is 140 Å². The van der Waals surface area contributed by atoms with Crippen LogP contribution in [0.5, 0.6) is 0 Å². The molecule has 0 saturated heterocycles. The van der Waals surface area contributed by atoms with Gasteiger partial charge < -0.3 is 8.98 Å². The Morgan fingerprint density at radius 3 is 1.36 bits per heavy atom. The summed E-state index contributed by atoms with van der Waals surface area (Å²) in [6.07, 6.45) is 0. The number of rotatable bonds is 6. The van der Waals surface area contributed by atoms with Crippen molar-refractivity contribution in [3.63, 3.8) is 0 Å². The smallest absolute Gasteiger partial charge is 0.160 e. The zero-order valence-electron chi connectivity index (χ0n) is 30.3. The fraction of sp³-hybridized carbons (Fsp3) is 0. The van der Waals surface area contributed by atoms with E-state index in [1.807, 2.05) is 36.4 Å². The summed E-state index contributed by atoms with van der Waals surface area (Å²) in [4.78, 5) is 10.1. The Balaban J connectivity index is 1.06. The van der Waals surface area contributed by atoms with Gasteiger partial charge in [-0.2, -0.15) is 0 Å². The van der Waals surface area contributed by atoms with Gasteiger partial charge in [-0.15, -0.1) is 0 Å². The molecule has 4 heteroatoms. The first-order valence-corrected chi connectivity index (χ1v) is 18.9. The molecule has 0 N–H and O–H groups in total. The average Bonchev–Trinajstić information content (AvgIpc) is 3.81. The largest absolute Gasteiger partial charge is 0.456 e. The quantitative estimate of drug-likeness (QED) is 0.172. The molecular formula is C52H33N3O. The Morgan fingerprint density at radius 1 is 0.321 bits per heavy atom. The molecule has 0 unspecified atom stereocenters. The third-order valence-electron chi connectivity index (χ3n) is 10.8. The normalized spacial score (nSPS) is 11.6. The molecule has 0 radical (unpaired) electrons. The SMILES string of the molecule is c1ccc(-c2ccc3c(c2)c2cc(-c4ccccc4)ccc2n3-c2ccc3oc4cc(-c5nc(-c6ccccc6)cc(-c6ccccc6)n5)ccc4c3c2)cc1. The van der Waals surface area contributed by atoms with Crippen LogP contribution in [-0.2, 0) is 0 Å². The number of hydrogen-bond donors (Lipinski definition) is 0. The van der Waals surface area contributed by atoms with Crippen LogP contribution >= 0.6 is 0 Å². The second-order valence-electron chi connectivity index (χ2n) is 14.2. The first kappa shape index (κ1) is 31.9. The van der Waals surface area contributed by atoms with Crippen LogP contribution in [0.2, 0.25) is 0 Å². The Kier molecular flexibility index (Phi) is 7.46. The van der Waals surface area contributed by atoms with Crippen molar-refractivity contribution in [2.75, 3.05) is 0 Å². The summed E-state index contributed by atoms with van der Waals surface area (Å²) in [6.45, 7) is 0. The van der Waals surface area contributed by atoms with Gasteiger partial charge in [0.15, 0.2) is 5.82 Å². The van der Waals surface area contributed by atoms with Gasteiger partial charge in [0, 0.05) is 43.9 Å². The summed E-state index contributed by atoms with van der Waals surface area (Å²) in [6, 6.07) is 70.3. The molecule has 0 saturated carbocycles. The summed E-state index contributed by atoms with van der Waals surface area (Å²) < 4.78 is 8.94. The maximum Gasteiger partial charge on any atom is 0.160 e. The predicted octanol–water partition coefficient (Wildman–Crippen LogP) is 13.8. The Bertz CT molecular complexity index is 3070. The molecule has 262 valence electrons. The molecule has 11 rings (SSSR count). The van der Waals surface area contributed by atoms with E-state index in [9.17, 15) is 0 Å². The number of aromatic nitrogens is 3. The summed E-state index contributed by atoms with van der Waals surface area (Å²) in [5.74, 6) is 0.656. The van der Waals surface area contributed by atoms with Crippen LogP contribution in [0.1, 0.15) is 0 Å². The lowest BCUT2D eigenvalue weighted by molar-refractivity contribution is 0.669. The molecule has 56 heavy (non-hydrogen) atoms. The zero-order chi connectivity index (χ0) is 37.0. The average molecular weight is 716 g/mol. The van der Waals surface area contributed by atoms with Gasteiger partial charge in [-0.05, 0) is 82.9 Å². The van der Waals surface area contributed by atoms with Gasteiger partial charge in [-0.25, -0.2) is 9.97 Å². The molecule has 3 heterocycles. The molecule has 0 aliphatic rings. The van der Waals surface area contributed by atoms with Crippen molar-refractivity contribution in [1.82, 2.24) is 14.5 Å². The van der Waals surface area contributed by atoms with E-state index < -0.39 is 0 Å². The molecule has 3 aromatic heterocycles. The third-order valence-corrected chi connectivity index (χ3v) is 10.8. The Labute approximate surface area is 323 Å². The van der Waals surface area contributed by atoms with E-state index in [-0.39, 0.29) is 0 Å². The molecule has 0 aliphatic heterocycles. The standard InChI is InChI=1S/C52H33N3O/c1-5-13-34(14-6-1)38-22-26-48-43(29-38)44-30-39(35-15-7-2-8-16-35)23-27-49(44)55(48)41-24-28-50-45(32-41)42-25-21-40(31-51(42)56-50)52-53-46(36-17-9-3-10-18-36)33-47(54-52)37-19-11-4-12-20-37/h1-33H. The molecule has 0 bridgehead atoms. The molecular weight excluding hydrogens is 683 g/mol. The summed E-state index contributed by atoms with van der Waals surface area (Å²) in [5.41, 5.74) is 14.6. The molecule has 0 aliphatic carbocycles. The van der Waals surface area contributed by atoms with Gasteiger partial charge >= 0.3 is 0 Å². The van der Waals surface area contributed by atoms with Crippen molar-refractivity contribution in [2.45, 2.75) is 0 Å². The molecule has 11 aromatic rings. The van der Waals surface area contributed by atoms with Crippen molar-refractivity contribution >= 4 is 43.7 Å². The van der Waals surface area contributed by atoms with Crippen LogP contribution in [-0.4, -0.2) is 14.5 Å². The lowest BCUT2D eigenvalue weighted by Gasteiger charge is -2.09. The number of nitrogens with zero attached hydrogens (tertiary/aromatic N) is 3. The van der Waals surface area contributed by atoms with E-state index in [1.165, 1.54) is 33.0 Å². The van der Waals surface area contributed by atoms with Crippen LogP contribution in [0.3, 0.4) is 0 Å². The summed E-state index contributed by atoms with van der Waals surface area (Å²) in [7, 11) is 0. The summed E-state index contributed by atoms with van der Waals surface area (Å²) in [5, 5.41) is 4.54. The van der Waals surface area contributed by atoms with Crippen molar-refractivity contribution in [3.8, 4) is 61.8 Å². The molecule has 0 amide bonds. The van der Waals surface area contributed by atoms with Crippen LogP contribution in [0.25, 0.3) is 106 Å². The minimum absolute atomic E-state index is 0.656. The molecule has 0 atom stereocenters. The van der Waals surface area contributed by atoms with Gasteiger partial charge in [0.25, 0.3) is 0 Å². The van der Waals surface area contributed by atoms with Crippen LogP contribution in [0.4, 0.5) is 0 Å². The predicted molar refractivity (Wildman–Crippen MR) is 231 cm³/mol. The highest BCUT2D eigenvalue weighted by Gasteiger charge is 2.18. The second kappa shape index (κ2) is 13.1. The van der Waals surface area contributed by atoms with Crippen LogP contribution < -0.4 is 0 Å². The Hall–Kier alpha value is -7.56. The highest BCUT2D eigenvalue weighted by molar-refractivity contribution is 6.12. The third kappa shape index (κ3) is 5.47. The molecule has 8 aromatic carbocycles. The maximum absolute atomic E-state index is 6.56. The zero-order valence-corrected chi connectivity index (χ0v) is 30.3. The van der Waals surface area contributed by atoms with E-state index in [0.29, 0.717) is 5.82 Å². The minimum atomic E-state index is 0.656. The van der Waals surface area contributed by atoms with Crippen molar-refractivity contribution in [1.29, 1.82) is 0 Å². The topological polar surface area (TPSA) is 43.9 Å². The molecule has 0 spiro atoms. The van der Waals surface area contributed by atoms with Crippen molar-refractivity contribution in [2.24, 2.45) is 0 Å². The fourth-order valence-electron chi connectivity index (χ4n) is 8.06. The molecule has 4 nitrogen and oxygen atoms in total. The maximum atomic E-state index is 6.56. The van der Waals surface area contributed by atoms with Gasteiger partial charge in [0.2, 0.25) is 0 Å². The lowest BCUT2D eigenvalue weighted by atomic mass is 10.0. The van der Waals surface area contributed by atoms with E-state index in [2.05, 4.69) is 168 Å². The van der Waals surface area contributed by atoms with E-state index in [0.717, 1.165) is 66.7 Å². The monoisotopic (exact) mass is 715 g/mol. The number of hydrogen-bond acceptors (Lipinski definition) is 3. The highest BCUT2D eigenvalue weighted by atomic mass is 16.3. The first-order chi connectivity index (χ1) is 27.7. The van der Waals surface area contributed by atoms with Crippen LogP contribution in [0.15, 0.2) is 205 Å².